The number of ether oxygens (including phenoxy) is 1. The number of piperidine rings is 2. The molecule has 15 nitrogen and oxygen atoms in total. The van der Waals surface area contributed by atoms with Crippen molar-refractivity contribution in [3.63, 3.8) is 0 Å². The Morgan fingerprint density at radius 2 is 1.65 bits per heavy atom. The minimum absolute atomic E-state index is 0.0494. The van der Waals surface area contributed by atoms with Crippen molar-refractivity contribution in [3.8, 4) is 17.3 Å². The van der Waals surface area contributed by atoms with E-state index in [1.165, 1.54) is 25.7 Å². The summed E-state index contributed by atoms with van der Waals surface area (Å²) in [7, 11) is 0. The third-order valence-electron chi connectivity index (χ3n) is 18.0. The Bertz CT molecular complexity index is 2980. The molecule has 376 valence electrons. The lowest BCUT2D eigenvalue weighted by Crippen LogP contribution is -2.53. The summed E-state index contributed by atoms with van der Waals surface area (Å²) in [6.45, 7) is 13.0. The molecule has 3 atom stereocenters. The maximum atomic E-state index is 17.2. The van der Waals surface area contributed by atoms with Gasteiger partial charge in [-0.2, -0.15) is 9.97 Å². The molecule has 3 aromatic carbocycles. The summed E-state index contributed by atoms with van der Waals surface area (Å²) >= 11 is 0. The molecule has 2 aromatic heterocycles. The van der Waals surface area contributed by atoms with Crippen molar-refractivity contribution < 1.29 is 23.5 Å². The van der Waals surface area contributed by atoms with Crippen molar-refractivity contribution in [2.75, 3.05) is 87.6 Å². The zero-order valence-corrected chi connectivity index (χ0v) is 41.4. The van der Waals surface area contributed by atoms with Crippen molar-refractivity contribution in [1.82, 2.24) is 40.3 Å². The second-order valence-electron chi connectivity index (χ2n) is 22.9. The number of piperazine rings is 2. The maximum Gasteiger partial charge on any atom is 0.319 e. The normalized spacial score (nSPS) is 25.1. The Labute approximate surface area is 420 Å². The first-order valence-electron chi connectivity index (χ1n) is 26.8. The average molecular weight is 976 g/mol. The van der Waals surface area contributed by atoms with Crippen LogP contribution in [0.2, 0.25) is 0 Å². The van der Waals surface area contributed by atoms with Gasteiger partial charge in [-0.25, -0.2) is 4.39 Å². The van der Waals surface area contributed by atoms with Gasteiger partial charge in [0.2, 0.25) is 11.8 Å². The first kappa shape index (κ1) is 45.9. The molecule has 6 aliphatic heterocycles. The van der Waals surface area contributed by atoms with Crippen molar-refractivity contribution in [3.05, 3.63) is 77.2 Å². The summed E-state index contributed by atoms with van der Waals surface area (Å²) < 4.78 is 23.9. The third kappa shape index (κ3) is 8.40. The number of aryl methyl sites for hydroxylation is 1. The van der Waals surface area contributed by atoms with Crippen molar-refractivity contribution in [2.45, 2.75) is 102 Å². The largest absolute Gasteiger partial charge is 0.463 e. The minimum Gasteiger partial charge on any atom is -0.463 e. The number of nitrogens with one attached hydrogen (secondary N) is 2. The van der Waals surface area contributed by atoms with Gasteiger partial charge in [-0.15, -0.1) is 0 Å². The summed E-state index contributed by atoms with van der Waals surface area (Å²) in [5.74, 6) is 0.194. The minimum atomic E-state index is -0.596. The number of anilines is 3. The number of halogens is 1. The molecule has 8 heterocycles. The summed E-state index contributed by atoms with van der Waals surface area (Å²) in [6.07, 6.45) is 12.7. The van der Waals surface area contributed by atoms with E-state index in [9.17, 15) is 14.4 Å². The number of fused-ring (bicyclic) bond motifs is 5. The number of hydrogen-bond acceptors (Lipinski definition) is 13. The fourth-order valence-electron chi connectivity index (χ4n) is 13.9. The van der Waals surface area contributed by atoms with Gasteiger partial charge in [0, 0.05) is 112 Å². The molecule has 13 rings (SSSR count). The molecule has 7 fully saturated rings. The highest BCUT2D eigenvalue weighted by molar-refractivity contribution is 6.06. The van der Waals surface area contributed by atoms with Gasteiger partial charge in [0.1, 0.15) is 23.1 Å². The molecular formula is C56H66FN11O4. The molecule has 16 heteroatoms. The number of carbonyl (C=O) groups excluding carboxylic acids is 3. The lowest BCUT2D eigenvalue weighted by molar-refractivity contribution is -0.136. The molecule has 5 aromatic rings. The Kier molecular flexibility index (Phi) is 11.4. The van der Waals surface area contributed by atoms with Gasteiger partial charge in [0.25, 0.3) is 5.91 Å². The number of likely N-dealkylation sites (tertiary alicyclic amines) is 1. The average Bonchev–Trinajstić information content (AvgIpc) is 3.95. The number of nitrogen functional groups attached to an aromatic ring is 1. The lowest BCUT2D eigenvalue weighted by atomic mass is 9.57. The van der Waals surface area contributed by atoms with E-state index in [4.69, 9.17) is 25.4 Å². The van der Waals surface area contributed by atoms with Crippen LogP contribution in [0.1, 0.15) is 92.6 Å². The van der Waals surface area contributed by atoms with Crippen LogP contribution in [0.15, 0.2) is 54.7 Å². The highest BCUT2D eigenvalue weighted by Crippen LogP contribution is 2.54. The summed E-state index contributed by atoms with van der Waals surface area (Å²) in [4.78, 5) is 63.8. The number of hydrogen-bond donors (Lipinski definition) is 3. The second kappa shape index (κ2) is 17.9. The topological polar surface area (TPSA) is 165 Å². The number of benzene rings is 3. The summed E-state index contributed by atoms with van der Waals surface area (Å²) in [5, 5.41) is 8.66. The number of aromatic nitrogens is 3. The van der Waals surface area contributed by atoms with E-state index in [2.05, 4.69) is 49.3 Å². The van der Waals surface area contributed by atoms with Crippen LogP contribution in [-0.4, -0.2) is 138 Å². The van der Waals surface area contributed by atoms with Gasteiger partial charge in [0.15, 0.2) is 5.82 Å². The van der Waals surface area contributed by atoms with Crippen LogP contribution in [0.3, 0.4) is 0 Å². The Morgan fingerprint density at radius 1 is 0.861 bits per heavy atom. The number of nitrogens with zero attached hydrogens (tertiary/aromatic N) is 8. The fourth-order valence-corrected chi connectivity index (χ4v) is 13.9. The van der Waals surface area contributed by atoms with E-state index in [0.717, 1.165) is 131 Å². The quantitative estimate of drug-likeness (QED) is 0.0943. The second-order valence-corrected chi connectivity index (χ2v) is 22.9. The van der Waals surface area contributed by atoms with Crippen molar-refractivity contribution >= 4 is 56.6 Å². The highest BCUT2D eigenvalue weighted by atomic mass is 19.1. The summed E-state index contributed by atoms with van der Waals surface area (Å²) in [5.41, 5.74) is 12.5. The van der Waals surface area contributed by atoms with Gasteiger partial charge >= 0.3 is 6.01 Å². The molecule has 2 aliphatic carbocycles. The van der Waals surface area contributed by atoms with Gasteiger partial charge in [0.05, 0.1) is 12.0 Å². The number of imide groups is 1. The zero-order valence-electron chi connectivity index (χ0n) is 41.4. The van der Waals surface area contributed by atoms with Crippen molar-refractivity contribution in [1.29, 1.82) is 0 Å². The number of amides is 3. The highest BCUT2D eigenvalue weighted by Gasteiger charge is 2.50. The predicted molar refractivity (Wildman–Crippen MR) is 275 cm³/mol. The first-order chi connectivity index (χ1) is 35.0. The van der Waals surface area contributed by atoms with E-state index in [1.54, 1.807) is 11.1 Å². The maximum absolute atomic E-state index is 17.2. The van der Waals surface area contributed by atoms with Crippen LogP contribution in [0.5, 0.6) is 6.01 Å². The Hall–Kier alpha value is -5.97. The molecule has 0 radical (unpaired) electrons. The molecule has 8 aliphatic rings. The van der Waals surface area contributed by atoms with Gasteiger partial charge in [-0.05, 0) is 141 Å². The fraction of sp³-hybridized carbons (Fsp3) is 0.536. The molecule has 4 N–H and O–H groups in total. The summed E-state index contributed by atoms with van der Waals surface area (Å²) in [6, 6.07) is 16.4. The molecular weight excluding hydrogens is 910 g/mol. The van der Waals surface area contributed by atoms with E-state index in [0.29, 0.717) is 65.1 Å². The smallest absolute Gasteiger partial charge is 0.319 e. The van der Waals surface area contributed by atoms with E-state index < -0.39 is 11.9 Å². The standard InChI is InChI=1S/C56H66FN11O4/c1-2-35-4-3-5-36-22-38(58)24-43(47(35)36)49-48(57)50-44(27-59-49)51(67-30-39-6-7-40(31-67)60-39)63-54(62-50)72-33-56(12-13-56)32-65-16-14-55(15-17-65)25-34(26-55)28-64-18-20-66(21-19-64)41-8-9-42-37(23-41)29-68(53(42)71)45-10-11-46(69)61-52(45)70/h3-5,8-9,22-24,27,34,39-40,45,60H,2,6-7,10-21,25-26,28-33,58H2,1H3,(H,61,69,70)/t39?,40?,45-/m0/s1. The first-order valence-corrected chi connectivity index (χ1v) is 26.8. The van der Waals surface area contributed by atoms with E-state index >= 15 is 4.39 Å². The number of carbonyl (C=O) groups is 3. The van der Waals surface area contributed by atoms with Crippen LogP contribution in [0.25, 0.3) is 32.9 Å². The predicted octanol–water partition coefficient (Wildman–Crippen LogP) is 6.30. The molecule has 2 unspecified atom stereocenters. The van der Waals surface area contributed by atoms with Gasteiger partial charge < -0.3 is 35.4 Å². The van der Waals surface area contributed by atoms with Gasteiger partial charge in [-0.1, -0.05) is 25.1 Å². The van der Waals surface area contributed by atoms with Gasteiger partial charge in [-0.3, -0.25) is 29.6 Å². The number of nitrogens with two attached hydrogens (primary N) is 1. The van der Waals surface area contributed by atoms with E-state index in [-0.39, 0.29) is 46.8 Å². The van der Waals surface area contributed by atoms with E-state index in [1.807, 2.05) is 36.4 Å². The molecule has 72 heavy (non-hydrogen) atoms. The third-order valence-corrected chi connectivity index (χ3v) is 18.0. The van der Waals surface area contributed by atoms with Crippen molar-refractivity contribution in [2.24, 2.45) is 16.7 Å². The van der Waals surface area contributed by atoms with Crippen LogP contribution < -0.4 is 30.9 Å². The monoisotopic (exact) mass is 976 g/mol. The number of rotatable bonds is 12. The molecule has 2 saturated carbocycles. The molecule has 3 amide bonds. The lowest BCUT2D eigenvalue weighted by Gasteiger charge is -2.54. The van der Waals surface area contributed by atoms with Crippen LogP contribution >= 0.6 is 0 Å². The Morgan fingerprint density at radius 3 is 2.40 bits per heavy atom. The van der Waals surface area contributed by atoms with Crippen LogP contribution in [0, 0.1) is 22.6 Å². The SMILES string of the molecule is CCc1cccc2cc(N)cc(-c3ncc4c(N5CC6CCC(C5)N6)nc(OCC5(CN6CCC7(CC6)CC(CN6CCN(c8ccc9c(c8)CN([C@H]8CCC(=O)NC8=O)C9=O)CC6)C7)CC5)nc4c3F)c12. The Balaban J connectivity index is 0.622. The van der Waals surface area contributed by atoms with Crippen LogP contribution in [0.4, 0.5) is 21.6 Å². The van der Waals surface area contributed by atoms with Crippen LogP contribution in [-0.2, 0) is 22.6 Å². The molecule has 2 bridgehead atoms. The zero-order chi connectivity index (χ0) is 48.9. The molecule has 5 saturated heterocycles. The molecule has 1 spiro atoms. The number of pyridine rings is 1.